The minimum absolute atomic E-state index is 0.191. The Morgan fingerprint density at radius 1 is 1.42 bits per heavy atom. The first kappa shape index (κ1) is 14.2. The van der Waals surface area contributed by atoms with Gasteiger partial charge in [-0.25, -0.2) is 0 Å². The summed E-state index contributed by atoms with van der Waals surface area (Å²) in [5.74, 6) is 1.97. The third-order valence-electron chi connectivity index (χ3n) is 3.65. The van der Waals surface area contributed by atoms with Crippen molar-refractivity contribution in [3.8, 4) is 0 Å². The topological polar surface area (TPSA) is 20.3 Å². The molecule has 1 fully saturated rings. The molecule has 2 nitrogen and oxygen atoms in total. The molecule has 1 aliphatic rings. The Balaban J connectivity index is 1.95. The van der Waals surface area contributed by atoms with Crippen LogP contribution in [0.4, 0.5) is 0 Å². The second-order valence-corrected chi connectivity index (χ2v) is 6.02. The third kappa shape index (κ3) is 3.41. The minimum atomic E-state index is 0.191. The van der Waals surface area contributed by atoms with E-state index in [0.717, 1.165) is 18.7 Å². The van der Waals surface area contributed by atoms with Gasteiger partial charge >= 0.3 is 0 Å². The average molecular weight is 275 g/mol. The Bertz CT molecular complexity index is 432. The van der Waals surface area contributed by atoms with Crippen LogP contribution in [0, 0.1) is 11.8 Å². The molecule has 0 spiro atoms. The van der Waals surface area contributed by atoms with Crippen LogP contribution in [0.2, 0.25) is 0 Å². The summed E-state index contributed by atoms with van der Waals surface area (Å²) in [6.07, 6.45) is 2.75. The first-order chi connectivity index (χ1) is 9.26. The monoisotopic (exact) mass is 275 g/mol. The number of thioether (sulfide) groups is 1. The molecule has 0 bridgehead atoms. The third-order valence-corrected chi connectivity index (χ3v) is 4.85. The van der Waals surface area contributed by atoms with Gasteiger partial charge in [-0.15, -0.1) is 18.3 Å². The van der Waals surface area contributed by atoms with Gasteiger partial charge in [-0.05, 0) is 24.5 Å². The lowest BCUT2D eigenvalue weighted by atomic mass is 9.95. The maximum atomic E-state index is 12.2. The van der Waals surface area contributed by atoms with Gasteiger partial charge < -0.3 is 4.90 Å². The van der Waals surface area contributed by atoms with Gasteiger partial charge in [-0.1, -0.05) is 31.2 Å². The van der Waals surface area contributed by atoms with Crippen LogP contribution in [-0.4, -0.2) is 29.6 Å². The van der Waals surface area contributed by atoms with E-state index in [4.69, 9.17) is 0 Å². The normalized spacial score (nSPS) is 22.8. The number of nitrogens with zero attached hydrogens (tertiary/aromatic N) is 1. The van der Waals surface area contributed by atoms with Crippen LogP contribution in [0.25, 0.3) is 0 Å². The van der Waals surface area contributed by atoms with E-state index in [0.29, 0.717) is 18.4 Å². The Morgan fingerprint density at radius 3 is 2.79 bits per heavy atom. The summed E-state index contributed by atoms with van der Waals surface area (Å²) in [4.78, 5) is 15.4. The molecular weight excluding hydrogens is 254 g/mol. The standard InChI is InChI=1S/C16H21NOS/c1-3-10-17-11-13(15(4-2)16(17)18)12-19-14-8-6-5-7-9-14/h3,5-9,13,15H,1,4,10-12H2,2H3/t13-,15+/m0/s1. The number of amides is 1. The second kappa shape index (κ2) is 6.80. The van der Waals surface area contributed by atoms with Crippen molar-refractivity contribution in [3.63, 3.8) is 0 Å². The number of carbonyl (C=O) groups excluding carboxylic acids is 1. The highest BCUT2D eigenvalue weighted by Crippen LogP contribution is 2.32. The van der Waals surface area contributed by atoms with E-state index in [-0.39, 0.29) is 5.92 Å². The zero-order valence-corrected chi connectivity index (χ0v) is 12.2. The molecule has 2 atom stereocenters. The highest BCUT2D eigenvalue weighted by Gasteiger charge is 2.38. The molecule has 1 aliphatic heterocycles. The van der Waals surface area contributed by atoms with E-state index in [2.05, 4.69) is 37.8 Å². The molecule has 1 aromatic rings. The van der Waals surface area contributed by atoms with Gasteiger partial charge in [0.1, 0.15) is 0 Å². The van der Waals surface area contributed by atoms with Crippen molar-refractivity contribution in [2.24, 2.45) is 11.8 Å². The molecule has 2 rings (SSSR count). The molecule has 0 aliphatic carbocycles. The first-order valence-electron chi connectivity index (χ1n) is 6.83. The van der Waals surface area contributed by atoms with Crippen molar-refractivity contribution in [2.75, 3.05) is 18.8 Å². The molecule has 0 unspecified atom stereocenters. The molecule has 1 saturated heterocycles. The lowest BCUT2D eigenvalue weighted by molar-refractivity contribution is -0.130. The SMILES string of the molecule is C=CCN1C[C@@H](CSc2ccccc2)[C@@H](CC)C1=O. The van der Waals surface area contributed by atoms with Crippen LogP contribution in [-0.2, 0) is 4.79 Å². The molecule has 1 amide bonds. The Hall–Kier alpha value is -1.22. The van der Waals surface area contributed by atoms with Gasteiger partial charge in [0.05, 0.1) is 0 Å². The lowest BCUT2D eigenvalue weighted by Crippen LogP contribution is -2.27. The Morgan fingerprint density at radius 2 is 2.16 bits per heavy atom. The number of likely N-dealkylation sites (tertiary alicyclic amines) is 1. The fourth-order valence-corrected chi connectivity index (χ4v) is 3.75. The zero-order chi connectivity index (χ0) is 13.7. The highest BCUT2D eigenvalue weighted by molar-refractivity contribution is 7.99. The van der Waals surface area contributed by atoms with E-state index in [1.165, 1.54) is 4.90 Å². The molecule has 3 heteroatoms. The molecule has 0 radical (unpaired) electrons. The van der Waals surface area contributed by atoms with Crippen molar-refractivity contribution < 1.29 is 4.79 Å². The van der Waals surface area contributed by atoms with Crippen LogP contribution in [0.5, 0.6) is 0 Å². The summed E-state index contributed by atoms with van der Waals surface area (Å²) in [6.45, 7) is 7.40. The molecule has 0 aromatic heterocycles. The summed E-state index contributed by atoms with van der Waals surface area (Å²) in [6, 6.07) is 10.4. The van der Waals surface area contributed by atoms with Crippen molar-refractivity contribution in [2.45, 2.75) is 18.2 Å². The predicted octanol–water partition coefficient (Wildman–Crippen LogP) is 3.45. The number of benzene rings is 1. The minimum Gasteiger partial charge on any atom is -0.338 e. The van der Waals surface area contributed by atoms with Crippen molar-refractivity contribution in [1.82, 2.24) is 4.90 Å². The summed E-state index contributed by atoms with van der Waals surface area (Å²) < 4.78 is 0. The molecule has 0 N–H and O–H groups in total. The summed E-state index contributed by atoms with van der Waals surface area (Å²) >= 11 is 1.85. The van der Waals surface area contributed by atoms with Gasteiger partial charge in [0, 0.05) is 29.7 Å². The van der Waals surface area contributed by atoms with Crippen molar-refractivity contribution in [3.05, 3.63) is 43.0 Å². The fourth-order valence-electron chi connectivity index (χ4n) is 2.65. The predicted molar refractivity (Wildman–Crippen MR) is 81.2 cm³/mol. The number of hydrogen-bond donors (Lipinski definition) is 0. The molecule has 102 valence electrons. The largest absolute Gasteiger partial charge is 0.338 e. The van der Waals surface area contributed by atoms with Crippen LogP contribution in [0.3, 0.4) is 0 Å². The molecule has 1 aromatic carbocycles. The number of rotatable bonds is 6. The van der Waals surface area contributed by atoms with Crippen LogP contribution in [0.1, 0.15) is 13.3 Å². The van der Waals surface area contributed by atoms with Crippen LogP contribution in [0.15, 0.2) is 47.9 Å². The van der Waals surface area contributed by atoms with Gasteiger partial charge in [0.15, 0.2) is 0 Å². The Labute approximate surface area is 119 Å². The smallest absolute Gasteiger partial charge is 0.226 e. The number of hydrogen-bond acceptors (Lipinski definition) is 2. The van der Waals surface area contributed by atoms with Gasteiger partial charge in [0.2, 0.25) is 5.91 Å². The zero-order valence-electron chi connectivity index (χ0n) is 11.4. The maximum Gasteiger partial charge on any atom is 0.226 e. The molecule has 1 heterocycles. The van der Waals surface area contributed by atoms with Crippen LogP contribution >= 0.6 is 11.8 Å². The second-order valence-electron chi connectivity index (χ2n) is 4.93. The van der Waals surface area contributed by atoms with E-state index in [1.807, 2.05) is 28.8 Å². The van der Waals surface area contributed by atoms with E-state index >= 15 is 0 Å². The first-order valence-corrected chi connectivity index (χ1v) is 7.82. The molecule has 0 saturated carbocycles. The quantitative estimate of drug-likeness (QED) is 0.585. The highest BCUT2D eigenvalue weighted by atomic mass is 32.2. The van der Waals surface area contributed by atoms with Crippen LogP contribution < -0.4 is 0 Å². The molecular formula is C16H21NOS. The Kier molecular flexibility index (Phi) is 5.08. The fraction of sp³-hybridized carbons (Fsp3) is 0.438. The summed E-state index contributed by atoms with van der Waals surface area (Å²) in [5, 5.41) is 0. The van der Waals surface area contributed by atoms with Gasteiger partial charge in [-0.3, -0.25) is 4.79 Å². The van der Waals surface area contributed by atoms with Gasteiger partial charge in [-0.2, -0.15) is 0 Å². The van der Waals surface area contributed by atoms with E-state index < -0.39 is 0 Å². The van der Waals surface area contributed by atoms with Gasteiger partial charge in [0.25, 0.3) is 0 Å². The number of carbonyl (C=O) groups is 1. The average Bonchev–Trinajstić information content (AvgIpc) is 2.74. The van der Waals surface area contributed by atoms with E-state index in [9.17, 15) is 4.79 Å². The molecule has 19 heavy (non-hydrogen) atoms. The summed E-state index contributed by atoms with van der Waals surface area (Å²) in [5.41, 5.74) is 0. The van der Waals surface area contributed by atoms with Crippen molar-refractivity contribution in [1.29, 1.82) is 0 Å². The van der Waals surface area contributed by atoms with E-state index in [1.54, 1.807) is 0 Å². The summed E-state index contributed by atoms with van der Waals surface area (Å²) in [7, 11) is 0. The van der Waals surface area contributed by atoms with Crippen molar-refractivity contribution >= 4 is 17.7 Å². The lowest BCUT2D eigenvalue weighted by Gasteiger charge is -2.14. The maximum absolute atomic E-state index is 12.2.